The molecule has 0 saturated heterocycles. The van der Waals surface area contributed by atoms with Crippen molar-refractivity contribution < 1.29 is 0 Å². The van der Waals surface area contributed by atoms with Crippen LogP contribution >= 0.6 is 17.2 Å². The Morgan fingerprint density at radius 3 is 1.55 bits per heavy atom. The quantitative estimate of drug-likeness (QED) is 0.178. The van der Waals surface area contributed by atoms with Crippen LogP contribution in [0.4, 0.5) is 0 Å². The van der Waals surface area contributed by atoms with Gasteiger partial charge in [-0.2, -0.15) is 0 Å². The molecule has 0 spiro atoms. The predicted molar refractivity (Wildman–Crippen MR) is 192 cm³/mol. The van der Waals surface area contributed by atoms with Crippen molar-refractivity contribution in [3.8, 4) is 11.1 Å². The van der Waals surface area contributed by atoms with Gasteiger partial charge < -0.3 is 0 Å². The molecule has 0 N–H and O–H groups in total. The summed E-state index contributed by atoms with van der Waals surface area (Å²) >= 11 is 0. The van der Waals surface area contributed by atoms with Crippen LogP contribution < -0.4 is 21.2 Å². The molecule has 2 unspecified atom stereocenters. The summed E-state index contributed by atoms with van der Waals surface area (Å²) in [5, 5.41) is 10.9. The molecular weight excluding hydrogens is 542 g/mol. The molecule has 6 aromatic carbocycles. The van der Waals surface area contributed by atoms with E-state index in [4.69, 9.17) is 0 Å². The van der Waals surface area contributed by atoms with Gasteiger partial charge in [0.2, 0.25) is 0 Å². The first-order valence-corrected chi connectivity index (χ1v) is 16.9. The molecule has 0 aromatic heterocycles. The average Bonchev–Trinajstić information content (AvgIpc) is 2.97. The van der Waals surface area contributed by atoms with Crippen LogP contribution in [0.1, 0.15) is 52.7 Å². The van der Waals surface area contributed by atoms with Gasteiger partial charge in [0, 0.05) is 0 Å². The van der Waals surface area contributed by atoms with E-state index in [0.29, 0.717) is 17.2 Å². The van der Waals surface area contributed by atoms with E-state index in [-0.39, 0.29) is 10.8 Å². The van der Waals surface area contributed by atoms with E-state index in [1.165, 1.54) is 65.0 Å². The molecule has 0 amide bonds. The number of fused-ring (bicyclic) bond motifs is 2. The largest absolute Gasteiger partial charge is 0.0616 e. The van der Waals surface area contributed by atoms with Crippen LogP contribution in [0.25, 0.3) is 32.7 Å². The van der Waals surface area contributed by atoms with Crippen molar-refractivity contribution >= 4 is 59.9 Å². The van der Waals surface area contributed by atoms with Crippen molar-refractivity contribution in [2.45, 2.75) is 52.4 Å². The van der Waals surface area contributed by atoms with Gasteiger partial charge in [-0.25, -0.2) is 0 Å². The first kappa shape index (κ1) is 28.8. The Kier molecular flexibility index (Phi) is 7.83. The molecule has 2 heteroatoms. The third-order valence-electron chi connectivity index (χ3n) is 8.16. The summed E-state index contributed by atoms with van der Waals surface area (Å²) in [4.78, 5) is 0. The molecule has 0 nitrogen and oxygen atoms in total. The van der Waals surface area contributed by atoms with Gasteiger partial charge in [0.25, 0.3) is 0 Å². The Morgan fingerprint density at radius 1 is 0.452 bits per heavy atom. The molecular formula is C40H40P2. The van der Waals surface area contributed by atoms with Crippen molar-refractivity contribution in [1.82, 2.24) is 0 Å². The van der Waals surface area contributed by atoms with E-state index >= 15 is 0 Å². The summed E-state index contributed by atoms with van der Waals surface area (Å²) in [6.45, 7) is 13.7. The number of hydrogen-bond donors (Lipinski definition) is 0. The Hall–Kier alpha value is -3.30. The highest BCUT2D eigenvalue weighted by molar-refractivity contribution is 7.62. The molecule has 0 aliphatic heterocycles. The molecule has 42 heavy (non-hydrogen) atoms. The molecule has 0 saturated carbocycles. The van der Waals surface area contributed by atoms with E-state index in [0.717, 1.165) is 0 Å². The van der Waals surface area contributed by atoms with Crippen LogP contribution in [0.2, 0.25) is 0 Å². The maximum absolute atomic E-state index is 2.46. The molecule has 0 bridgehead atoms. The van der Waals surface area contributed by atoms with Gasteiger partial charge in [0.15, 0.2) is 0 Å². The number of rotatable bonds is 5. The Morgan fingerprint density at radius 2 is 0.952 bits per heavy atom. The normalized spacial score (nSPS) is 12.8. The highest BCUT2D eigenvalue weighted by atomic mass is 31.1. The van der Waals surface area contributed by atoms with Crippen molar-refractivity contribution in [2.75, 3.05) is 0 Å². The smallest absolute Gasteiger partial charge is 0.00150 e. The first-order valence-electron chi connectivity index (χ1n) is 14.9. The van der Waals surface area contributed by atoms with E-state index in [2.05, 4.69) is 163 Å². The topological polar surface area (TPSA) is 0 Å². The second-order valence-electron chi connectivity index (χ2n) is 13.3. The molecule has 0 aliphatic rings. The predicted octanol–water partition coefficient (Wildman–Crippen LogP) is 9.51. The van der Waals surface area contributed by atoms with Crippen molar-refractivity contribution in [1.29, 1.82) is 0 Å². The Balaban J connectivity index is 1.57. The zero-order valence-corrected chi connectivity index (χ0v) is 27.5. The number of hydrogen-bond acceptors (Lipinski definition) is 0. The molecule has 0 radical (unpaired) electrons. The summed E-state index contributed by atoms with van der Waals surface area (Å²) in [6.07, 6.45) is 0. The summed E-state index contributed by atoms with van der Waals surface area (Å²) in [6, 6.07) is 45.7. The van der Waals surface area contributed by atoms with Crippen LogP contribution in [0.5, 0.6) is 0 Å². The van der Waals surface area contributed by atoms with Gasteiger partial charge >= 0.3 is 0 Å². The second kappa shape index (κ2) is 11.4. The standard InChI is InChI=1S/C40H40P2/c1-39(2,3)29-18-22-31(23-19-29)41-36-26-28-13-8-10-16-34(28)37(35-17-11-14-27-12-7-9-15-33(27)35)38(36)42-32-24-20-30(21-25-32)40(4,5)6/h7-26,41-42H,1-6H3. The summed E-state index contributed by atoms with van der Waals surface area (Å²) in [5.74, 6) is 0. The monoisotopic (exact) mass is 582 g/mol. The zero-order chi connectivity index (χ0) is 29.5. The van der Waals surface area contributed by atoms with Gasteiger partial charge in [-0.1, -0.05) is 174 Å². The highest BCUT2D eigenvalue weighted by Gasteiger charge is 2.20. The molecule has 210 valence electrons. The SMILES string of the molecule is CC(C)(C)c1ccc(Pc2cc3ccccc3c(-c3cccc4ccccc34)c2Pc2ccc(C(C)(C)C)cc2)cc1. The summed E-state index contributed by atoms with van der Waals surface area (Å²) in [7, 11) is 1.15. The van der Waals surface area contributed by atoms with Crippen molar-refractivity contribution in [2.24, 2.45) is 0 Å². The minimum Gasteiger partial charge on any atom is -0.0616 e. The molecule has 0 aliphatic carbocycles. The Labute approximate surface area is 255 Å². The van der Waals surface area contributed by atoms with Crippen molar-refractivity contribution in [3.05, 3.63) is 132 Å². The van der Waals surface area contributed by atoms with Gasteiger partial charge in [0.1, 0.15) is 0 Å². The number of benzene rings is 6. The highest BCUT2D eigenvalue weighted by Crippen LogP contribution is 2.37. The van der Waals surface area contributed by atoms with Crippen LogP contribution in [0, 0.1) is 0 Å². The molecule has 0 heterocycles. The van der Waals surface area contributed by atoms with E-state index in [1.54, 1.807) is 0 Å². The first-order chi connectivity index (χ1) is 20.1. The zero-order valence-electron chi connectivity index (χ0n) is 25.5. The lowest BCUT2D eigenvalue weighted by molar-refractivity contribution is 0.590. The minimum absolute atomic E-state index is 0.143. The molecule has 6 aromatic rings. The van der Waals surface area contributed by atoms with Gasteiger partial charge in [0.05, 0.1) is 0 Å². The fourth-order valence-corrected chi connectivity index (χ4v) is 8.43. The van der Waals surface area contributed by atoms with Crippen LogP contribution in [0.15, 0.2) is 121 Å². The third-order valence-corrected chi connectivity index (χ3v) is 11.1. The summed E-state index contributed by atoms with van der Waals surface area (Å²) in [5.41, 5.74) is 5.77. The lowest BCUT2D eigenvalue weighted by Gasteiger charge is -2.22. The third kappa shape index (κ3) is 5.95. The Bertz CT molecular complexity index is 1860. The van der Waals surface area contributed by atoms with Crippen molar-refractivity contribution in [3.63, 3.8) is 0 Å². The maximum atomic E-state index is 2.46. The second-order valence-corrected chi connectivity index (χ2v) is 16.0. The van der Waals surface area contributed by atoms with E-state index < -0.39 is 0 Å². The fraction of sp³-hybridized carbons (Fsp3) is 0.200. The fourth-order valence-electron chi connectivity index (χ4n) is 5.71. The lowest BCUT2D eigenvalue weighted by Crippen LogP contribution is -2.24. The van der Waals surface area contributed by atoms with Gasteiger partial charge in [-0.15, -0.1) is 0 Å². The average molecular weight is 583 g/mol. The van der Waals surface area contributed by atoms with Crippen LogP contribution in [0.3, 0.4) is 0 Å². The summed E-state index contributed by atoms with van der Waals surface area (Å²) < 4.78 is 0. The minimum atomic E-state index is 0.143. The van der Waals surface area contributed by atoms with E-state index in [9.17, 15) is 0 Å². The van der Waals surface area contributed by atoms with E-state index in [1.807, 2.05) is 0 Å². The molecule has 0 fully saturated rings. The van der Waals surface area contributed by atoms with Crippen LogP contribution in [-0.4, -0.2) is 0 Å². The van der Waals surface area contributed by atoms with Gasteiger partial charge in [-0.05, 0) is 81.9 Å². The molecule has 6 rings (SSSR count). The lowest BCUT2D eigenvalue weighted by atomic mass is 9.87. The van der Waals surface area contributed by atoms with Crippen LogP contribution in [-0.2, 0) is 10.8 Å². The maximum Gasteiger partial charge on any atom is -0.00150 e. The molecule has 2 atom stereocenters. The van der Waals surface area contributed by atoms with Gasteiger partial charge in [-0.3, -0.25) is 0 Å².